The van der Waals surface area contributed by atoms with Crippen LogP contribution in [0.25, 0.3) is 11.3 Å². The number of nitrogens with one attached hydrogen (secondary N) is 1. The molecule has 0 saturated carbocycles. The smallest absolute Gasteiger partial charge is 0.203 e. The van der Waals surface area contributed by atoms with Gasteiger partial charge in [-0.05, 0) is 47.1 Å². The van der Waals surface area contributed by atoms with Crippen LogP contribution in [0.3, 0.4) is 0 Å². The molecule has 0 unspecified atom stereocenters. The number of benzene rings is 2. The molecule has 0 atom stereocenters. The van der Waals surface area contributed by atoms with Crippen molar-refractivity contribution in [1.82, 2.24) is 4.98 Å². The van der Waals surface area contributed by atoms with Crippen LogP contribution in [-0.4, -0.2) is 21.4 Å². The van der Waals surface area contributed by atoms with Crippen LogP contribution in [0.1, 0.15) is 11.1 Å². The van der Waals surface area contributed by atoms with Crippen molar-refractivity contribution in [2.45, 2.75) is 6.92 Å². The zero-order valence-electron chi connectivity index (χ0n) is 13.0. The van der Waals surface area contributed by atoms with Gasteiger partial charge in [-0.3, -0.25) is 5.43 Å². The van der Waals surface area contributed by atoms with Crippen LogP contribution in [0.4, 0.5) is 5.13 Å². The van der Waals surface area contributed by atoms with Gasteiger partial charge in [0.1, 0.15) is 11.5 Å². The highest BCUT2D eigenvalue weighted by molar-refractivity contribution is 9.10. The van der Waals surface area contributed by atoms with Gasteiger partial charge in [0.2, 0.25) is 5.13 Å². The summed E-state index contributed by atoms with van der Waals surface area (Å²) in [5.74, 6) is 0.235. The average Bonchev–Trinajstić information content (AvgIpc) is 3.03. The molecule has 0 aliphatic heterocycles. The standard InChI is InChI=1S/C17H13BrClN3O2S/c1-9-2-3-15(23)10(4-9)7-20-22-17-21-14(8-25-17)12-5-11(19)6-13(18)16(12)24/h2-8,23-24H,1H3,(H,21,22)/b20-7+. The molecule has 0 aliphatic rings. The van der Waals surface area contributed by atoms with Crippen molar-refractivity contribution in [3.8, 4) is 22.8 Å². The first-order valence-corrected chi connectivity index (χ1v) is 9.21. The quantitative estimate of drug-likeness (QED) is 0.377. The van der Waals surface area contributed by atoms with Crippen LogP contribution in [0, 0.1) is 6.92 Å². The molecule has 0 fully saturated rings. The molecule has 0 saturated heterocycles. The van der Waals surface area contributed by atoms with Gasteiger partial charge < -0.3 is 10.2 Å². The Balaban J connectivity index is 1.79. The normalized spacial score (nSPS) is 11.2. The number of rotatable bonds is 4. The first kappa shape index (κ1) is 17.7. The minimum atomic E-state index is 0.0782. The molecule has 0 spiro atoms. The molecule has 8 heteroatoms. The second-order valence-corrected chi connectivity index (χ2v) is 7.40. The number of hydrogen-bond acceptors (Lipinski definition) is 6. The van der Waals surface area contributed by atoms with Crippen molar-refractivity contribution in [1.29, 1.82) is 0 Å². The van der Waals surface area contributed by atoms with E-state index >= 15 is 0 Å². The van der Waals surface area contributed by atoms with E-state index in [2.05, 4.69) is 31.4 Å². The lowest BCUT2D eigenvalue weighted by atomic mass is 10.1. The van der Waals surface area contributed by atoms with E-state index in [0.29, 0.717) is 31.4 Å². The zero-order valence-corrected chi connectivity index (χ0v) is 16.2. The minimum Gasteiger partial charge on any atom is -0.507 e. The summed E-state index contributed by atoms with van der Waals surface area (Å²) in [4.78, 5) is 4.39. The van der Waals surface area contributed by atoms with Crippen molar-refractivity contribution in [2.24, 2.45) is 5.10 Å². The Morgan fingerprint density at radius 2 is 2.08 bits per heavy atom. The molecule has 25 heavy (non-hydrogen) atoms. The number of halogens is 2. The van der Waals surface area contributed by atoms with E-state index in [1.807, 2.05) is 19.1 Å². The van der Waals surface area contributed by atoms with Gasteiger partial charge in [-0.1, -0.05) is 23.2 Å². The van der Waals surface area contributed by atoms with Gasteiger partial charge in [0.15, 0.2) is 0 Å². The highest BCUT2D eigenvalue weighted by atomic mass is 79.9. The lowest BCUT2D eigenvalue weighted by Gasteiger charge is -2.04. The Labute approximate surface area is 161 Å². The highest BCUT2D eigenvalue weighted by Crippen LogP contribution is 2.39. The number of aryl methyl sites for hydroxylation is 1. The fraction of sp³-hybridized carbons (Fsp3) is 0.0588. The van der Waals surface area contributed by atoms with Crippen LogP contribution < -0.4 is 5.43 Å². The molecule has 128 valence electrons. The van der Waals surface area contributed by atoms with E-state index in [-0.39, 0.29) is 11.5 Å². The van der Waals surface area contributed by atoms with E-state index in [9.17, 15) is 10.2 Å². The van der Waals surface area contributed by atoms with Crippen molar-refractivity contribution in [3.05, 3.63) is 56.3 Å². The molecular formula is C17H13BrClN3O2S. The van der Waals surface area contributed by atoms with Crippen molar-refractivity contribution in [2.75, 3.05) is 5.43 Å². The summed E-state index contributed by atoms with van der Waals surface area (Å²) >= 11 is 10.6. The number of phenols is 2. The Morgan fingerprint density at radius 1 is 1.28 bits per heavy atom. The second-order valence-electron chi connectivity index (χ2n) is 5.25. The molecule has 0 amide bonds. The molecule has 0 radical (unpaired) electrons. The third kappa shape index (κ3) is 4.12. The zero-order chi connectivity index (χ0) is 18.0. The van der Waals surface area contributed by atoms with E-state index < -0.39 is 0 Å². The molecule has 2 aromatic carbocycles. The molecule has 3 N–H and O–H groups in total. The number of aromatic nitrogens is 1. The van der Waals surface area contributed by atoms with E-state index in [0.717, 1.165) is 5.56 Å². The lowest BCUT2D eigenvalue weighted by Crippen LogP contribution is -1.91. The summed E-state index contributed by atoms with van der Waals surface area (Å²) in [5.41, 5.74) is 5.57. The first-order valence-electron chi connectivity index (χ1n) is 7.16. The van der Waals surface area contributed by atoms with Crippen molar-refractivity contribution in [3.63, 3.8) is 0 Å². The summed E-state index contributed by atoms with van der Waals surface area (Å²) < 4.78 is 0.505. The van der Waals surface area contributed by atoms with Gasteiger partial charge in [0.25, 0.3) is 0 Å². The maximum absolute atomic E-state index is 10.1. The highest BCUT2D eigenvalue weighted by Gasteiger charge is 2.13. The third-order valence-electron chi connectivity index (χ3n) is 3.36. The number of nitrogens with zero attached hydrogens (tertiary/aromatic N) is 2. The third-order valence-corrected chi connectivity index (χ3v) is 4.92. The summed E-state index contributed by atoms with van der Waals surface area (Å²) in [6.45, 7) is 1.94. The monoisotopic (exact) mass is 437 g/mol. The van der Waals surface area contributed by atoms with Crippen LogP contribution in [-0.2, 0) is 0 Å². The van der Waals surface area contributed by atoms with E-state index in [1.54, 1.807) is 23.6 Å². The van der Waals surface area contributed by atoms with Gasteiger partial charge in [0.05, 0.1) is 16.4 Å². The Bertz CT molecular complexity index is 959. The molecule has 1 aromatic heterocycles. The van der Waals surface area contributed by atoms with E-state index in [4.69, 9.17) is 11.6 Å². The summed E-state index contributed by atoms with van der Waals surface area (Å²) in [6.07, 6.45) is 1.52. The molecule has 0 bridgehead atoms. The molecule has 3 rings (SSSR count). The number of thiazole rings is 1. The molecule has 0 aliphatic carbocycles. The summed E-state index contributed by atoms with van der Waals surface area (Å²) in [7, 11) is 0. The van der Waals surface area contributed by atoms with Gasteiger partial charge in [-0.25, -0.2) is 4.98 Å². The largest absolute Gasteiger partial charge is 0.507 e. The first-order chi connectivity index (χ1) is 11.9. The van der Waals surface area contributed by atoms with Crippen LogP contribution >= 0.6 is 38.9 Å². The Kier molecular flexibility index (Phi) is 5.27. The second kappa shape index (κ2) is 7.43. The lowest BCUT2D eigenvalue weighted by molar-refractivity contribution is 0.473. The molecule has 5 nitrogen and oxygen atoms in total. The van der Waals surface area contributed by atoms with E-state index in [1.165, 1.54) is 17.6 Å². The Morgan fingerprint density at radius 3 is 2.88 bits per heavy atom. The predicted octanol–water partition coefficient (Wildman–Crippen LogP) is 5.39. The summed E-state index contributed by atoms with van der Waals surface area (Å²) in [5, 5.41) is 26.9. The predicted molar refractivity (Wildman–Crippen MR) is 106 cm³/mol. The van der Waals surface area contributed by atoms with Gasteiger partial charge >= 0.3 is 0 Å². The summed E-state index contributed by atoms with van der Waals surface area (Å²) in [6, 6.07) is 8.54. The van der Waals surface area contributed by atoms with Gasteiger partial charge in [-0.2, -0.15) is 5.10 Å². The van der Waals surface area contributed by atoms with Crippen LogP contribution in [0.2, 0.25) is 5.02 Å². The maximum atomic E-state index is 10.1. The van der Waals surface area contributed by atoms with Crippen LogP contribution in [0.5, 0.6) is 11.5 Å². The molecule has 1 heterocycles. The van der Waals surface area contributed by atoms with Crippen molar-refractivity contribution >= 4 is 50.2 Å². The minimum absolute atomic E-state index is 0.0782. The number of hydrogen-bond donors (Lipinski definition) is 3. The number of phenolic OH excluding ortho intramolecular Hbond substituents is 2. The van der Waals surface area contributed by atoms with Crippen molar-refractivity contribution < 1.29 is 10.2 Å². The topological polar surface area (TPSA) is 77.7 Å². The average molecular weight is 439 g/mol. The fourth-order valence-electron chi connectivity index (χ4n) is 2.14. The van der Waals surface area contributed by atoms with Gasteiger partial charge in [0, 0.05) is 21.5 Å². The molecule has 3 aromatic rings. The maximum Gasteiger partial charge on any atom is 0.203 e. The van der Waals surface area contributed by atoms with Gasteiger partial charge in [-0.15, -0.1) is 11.3 Å². The SMILES string of the molecule is Cc1ccc(O)c(/C=N/Nc2nc(-c3cc(Cl)cc(Br)c3O)cs2)c1. The number of anilines is 1. The van der Waals surface area contributed by atoms with Crippen LogP contribution in [0.15, 0.2) is 45.3 Å². The molecular weight excluding hydrogens is 426 g/mol. The number of hydrazone groups is 1. The Hall–Kier alpha value is -2.09. The fourth-order valence-corrected chi connectivity index (χ4v) is 3.61. The number of aromatic hydroxyl groups is 2.